The average Bonchev–Trinajstić information content (AvgIpc) is 2.96. The maximum Gasteiger partial charge on any atom is 0.135 e. The van der Waals surface area contributed by atoms with Crippen molar-refractivity contribution in [1.82, 2.24) is 0 Å². The third-order valence-corrected chi connectivity index (χ3v) is 3.71. The van der Waals surface area contributed by atoms with Crippen molar-refractivity contribution < 1.29 is 11.3 Å². The fourth-order valence-corrected chi connectivity index (χ4v) is 2.66. The predicted octanol–water partition coefficient (Wildman–Crippen LogP) is 6.02. The van der Waals surface area contributed by atoms with Gasteiger partial charge in [0.2, 0.25) is 0 Å². The van der Waals surface area contributed by atoms with Gasteiger partial charge in [0.15, 0.2) is 0 Å². The van der Waals surface area contributed by atoms with Crippen molar-refractivity contribution in [1.29, 1.82) is 0 Å². The van der Waals surface area contributed by atoms with E-state index in [1.165, 1.54) is 0 Å². The Morgan fingerprint density at radius 2 is 1.50 bits per heavy atom. The Morgan fingerprint density at radius 3 is 2.30 bits per heavy atom. The molecule has 0 unspecified atom stereocenters. The highest BCUT2D eigenvalue weighted by atomic mass is 79.9. The zero-order valence-electron chi connectivity index (χ0n) is 15.3. The summed E-state index contributed by atoms with van der Waals surface area (Å²) in [5, 5.41) is 1.74. The van der Waals surface area contributed by atoms with Gasteiger partial charge in [-0.3, -0.25) is 0 Å². The molecule has 0 aliphatic heterocycles. The zero-order chi connectivity index (χ0) is 17.9. The summed E-state index contributed by atoms with van der Waals surface area (Å²) >= 11 is 3.44. The Hall–Kier alpha value is -2.06. The highest BCUT2D eigenvalue weighted by Gasteiger charge is 2.08. The summed E-state index contributed by atoms with van der Waals surface area (Å²) in [5.74, 6) is 0. The van der Waals surface area contributed by atoms with Crippen LogP contribution in [0.25, 0.3) is 33.1 Å². The van der Waals surface area contributed by atoms with Crippen LogP contribution in [0.5, 0.6) is 0 Å². The van der Waals surface area contributed by atoms with Crippen LogP contribution in [0.3, 0.4) is 0 Å². The molecule has 0 amide bonds. The lowest BCUT2D eigenvalue weighted by molar-refractivity contribution is 0.669. The summed E-state index contributed by atoms with van der Waals surface area (Å²) in [7, 11) is 0. The van der Waals surface area contributed by atoms with Crippen molar-refractivity contribution in [2.24, 2.45) is 0 Å². The molecule has 0 saturated carbocycles. The van der Waals surface area contributed by atoms with Crippen LogP contribution in [-0.4, -0.2) is 0 Å². The van der Waals surface area contributed by atoms with Gasteiger partial charge in [0, 0.05) is 15.2 Å². The lowest BCUT2D eigenvalue weighted by atomic mass is 10.0. The van der Waals surface area contributed by atoms with Crippen LogP contribution >= 0.6 is 15.9 Å². The molecule has 0 aliphatic rings. The molecule has 0 bridgehead atoms. The van der Waals surface area contributed by atoms with E-state index in [0.717, 1.165) is 20.8 Å². The number of hydrogen-bond acceptors (Lipinski definition) is 1. The lowest BCUT2D eigenvalue weighted by Gasteiger charge is -2.01. The summed E-state index contributed by atoms with van der Waals surface area (Å²) in [5.41, 5.74) is 2.17. The summed E-state index contributed by atoms with van der Waals surface area (Å²) < 4.78 is 46.4. The van der Waals surface area contributed by atoms with Crippen molar-refractivity contribution in [2.45, 2.75) is 0 Å². The van der Waals surface area contributed by atoms with E-state index in [1.807, 2.05) is 24.3 Å². The fraction of sp³-hybridized carbons (Fsp3) is 0. The normalized spacial score (nSPS) is 14.8. The van der Waals surface area contributed by atoms with Gasteiger partial charge in [-0.2, -0.15) is 0 Å². The van der Waals surface area contributed by atoms with E-state index in [0.29, 0.717) is 11.1 Å². The quantitative estimate of drug-likeness (QED) is 0.417. The van der Waals surface area contributed by atoms with Crippen LogP contribution in [0.1, 0.15) is 6.85 Å². The predicted molar refractivity (Wildman–Crippen MR) is 86.9 cm³/mol. The van der Waals surface area contributed by atoms with E-state index in [4.69, 9.17) is 11.3 Å². The van der Waals surface area contributed by atoms with Gasteiger partial charge in [0.25, 0.3) is 0 Å². The van der Waals surface area contributed by atoms with Crippen LogP contribution in [-0.2, 0) is 0 Å². The Balaban J connectivity index is 2.06. The number of furan rings is 1. The fourth-order valence-electron chi connectivity index (χ4n) is 2.30. The molecule has 3 aromatic carbocycles. The molecule has 0 aliphatic carbocycles. The highest BCUT2D eigenvalue weighted by Crippen LogP contribution is 2.33. The molecular formula is C18H11BrO. The van der Waals surface area contributed by atoms with Crippen molar-refractivity contribution >= 4 is 37.9 Å². The third-order valence-electron chi connectivity index (χ3n) is 3.22. The molecule has 1 nitrogen and oxygen atoms in total. The van der Waals surface area contributed by atoms with Gasteiger partial charge in [-0.25, -0.2) is 0 Å². The molecule has 0 atom stereocenters. The first-order valence-electron chi connectivity index (χ1n) is 8.57. The SMILES string of the molecule is [2H]c1c([2H])c([2H])c(-c2ccc3oc4ccc(Br)cc4c3c2)c([2H])c1[2H]. The van der Waals surface area contributed by atoms with Crippen molar-refractivity contribution in [3.63, 3.8) is 0 Å². The first kappa shape index (κ1) is 7.65. The van der Waals surface area contributed by atoms with E-state index >= 15 is 0 Å². The topological polar surface area (TPSA) is 13.1 Å². The number of halogens is 1. The second-order valence-electron chi connectivity index (χ2n) is 4.45. The highest BCUT2D eigenvalue weighted by molar-refractivity contribution is 9.10. The third kappa shape index (κ3) is 1.84. The summed E-state index contributed by atoms with van der Waals surface area (Å²) in [6.07, 6.45) is 0. The van der Waals surface area contributed by atoms with Gasteiger partial charge in [-0.1, -0.05) is 52.2 Å². The maximum absolute atomic E-state index is 8.14. The number of fused-ring (bicyclic) bond motifs is 3. The van der Waals surface area contributed by atoms with Gasteiger partial charge >= 0.3 is 0 Å². The summed E-state index contributed by atoms with van der Waals surface area (Å²) in [4.78, 5) is 0. The van der Waals surface area contributed by atoms with E-state index < -0.39 is 6.04 Å². The summed E-state index contributed by atoms with van der Waals surface area (Å²) in [6.45, 7) is 0. The van der Waals surface area contributed by atoms with Crippen molar-refractivity contribution in [3.8, 4) is 11.1 Å². The van der Waals surface area contributed by atoms with E-state index in [-0.39, 0.29) is 29.7 Å². The smallest absolute Gasteiger partial charge is 0.135 e. The molecule has 96 valence electrons. The molecule has 20 heavy (non-hydrogen) atoms. The summed E-state index contributed by atoms with van der Waals surface area (Å²) in [6, 6.07) is 9.49. The molecule has 1 heterocycles. The molecule has 0 fully saturated rings. The maximum atomic E-state index is 8.14. The molecule has 4 rings (SSSR count). The molecule has 0 saturated heterocycles. The molecular weight excluding hydrogens is 312 g/mol. The van der Waals surface area contributed by atoms with Crippen LogP contribution in [0.15, 0.2) is 75.5 Å². The second-order valence-corrected chi connectivity index (χ2v) is 5.37. The largest absolute Gasteiger partial charge is 0.456 e. The minimum Gasteiger partial charge on any atom is -0.456 e. The molecule has 0 spiro atoms. The minimum absolute atomic E-state index is 0.192. The van der Waals surface area contributed by atoms with Gasteiger partial charge in [-0.05, 0) is 41.5 Å². The number of benzene rings is 3. The minimum atomic E-state index is -0.391. The molecule has 0 radical (unpaired) electrons. The Bertz CT molecular complexity index is 1140. The zero-order valence-corrected chi connectivity index (χ0v) is 11.8. The molecule has 1 aromatic heterocycles. The Morgan fingerprint density at radius 1 is 0.800 bits per heavy atom. The first-order chi connectivity index (χ1) is 11.9. The standard InChI is InChI=1S/C18H11BrO/c19-14-7-9-18-16(11-14)15-10-13(6-8-17(15)20-18)12-4-2-1-3-5-12/h1-11H/i1D,2D,3D,4D,5D. The van der Waals surface area contributed by atoms with Gasteiger partial charge < -0.3 is 4.42 Å². The van der Waals surface area contributed by atoms with Crippen molar-refractivity contribution in [3.05, 3.63) is 71.1 Å². The van der Waals surface area contributed by atoms with Crippen LogP contribution in [0, 0.1) is 0 Å². The molecule has 2 heteroatoms. The van der Waals surface area contributed by atoms with Crippen LogP contribution in [0.2, 0.25) is 0 Å². The van der Waals surface area contributed by atoms with Gasteiger partial charge in [-0.15, -0.1) is 0 Å². The number of hydrogen-bond donors (Lipinski definition) is 0. The van der Waals surface area contributed by atoms with Gasteiger partial charge in [0.05, 0.1) is 6.85 Å². The molecule has 4 aromatic rings. The monoisotopic (exact) mass is 327 g/mol. The van der Waals surface area contributed by atoms with Gasteiger partial charge in [0.1, 0.15) is 11.2 Å². The first-order valence-corrected chi connectivity index (χ1v) is 6.87. The van der Waals surface area contributed by atoms with Crippen LogP contribution < -0.4 is 0 Å². The van der Waals surface area contributed by atoms with E-state index in [2.05, 4.69) is 15.9 Å². The second kappa shape index (κ2) is 4.50. The number of rotatable bonds is 1. The average molecular weight is 328 g/mol. The molecule has 0 N–H and O–H groups in total. The van der Waals surface area contributed by atoms with Crippen LogP contribution in [0.4, 0.5) is 0 Å². The Labute approximate surface area is 132 Å². The lowest BCUT2D eigenvalue weighted by Crippen LogP contribution is -1.76. The Kier molecular flexibility index (Phi) is 1.72. The van der Waals surface area contributed by atoms with Crippen molar-refractivity contribution in [2.75, 3.05) is 0 Å². The van der Waals surface area contributed by atoms with E-state index in [9.17, 15) is 0 Å². The van der Waals surface area contributed by atoms with E-state index in [1.54, 1.807) is 12.1 Å².